The van der Waals surface area contributed by atoms with E-state index in [0.29, 0.717) is 51.8 Å². The number of benzene rings is 8. The molecule has 0 amide bonds. The van der Waals surface area contributed by atoms with Crippen LogP contribution in [-0.2, 0) is 0 Å². The van der Waals surface area contributed by atoms with Crippen LogP contribution in [0, 0.1) is 0 Å². The van der Waals surface area contributed by atoms with E-state index in [1.807, 2.05) is 133 Å². The minimum absolute atomic E-state index is 0.617. The number of furan rings is 1. The maximum atomic E-state index is 6.37. The van der Waals surface area contributed by atoms with E-state index in [4.69, 9.17) is 33.3 Å². The van der Waals surface area contributed by atoms with Crippen molar-refractivity contribution in [3.05, 3.63) is 182 Å². The number of hydrogen-bond acceptors (Lipinski definition) is 7. The summed E-state index contributed by atoms with van der Waals surface area (Å²) in [6, 6.07) is 60.4. The number of ether oxygens (including phenoxy) is 4. The molecule has 12 rings (SSSR count). The van der Waals surface area contributed by atoms with Gasteiger partial charge in [0, 0.05) is 27.5 Å². The van der Waals surface area contributed by atoms with Crippen LogP contribution in [0.5, 0.6) is 46.0 Å². The lowest BCUT2D eigenvalue weighted by Crippen LogP contribution is -1.99. The van der Waals surface area contributed by atoms with Crippen molar-refractivity contribution in [2.45, 2.75) is 0 Å². The highest BCUT2D eigenvalue weighted by molar-refractivity contribution is 6.12. The highest BCUT2D eigenvalue weighted by Gasteiger charge is 2.23. The molecule has 2 aliphatic rings. The Labute approximate surface area is 338 Å². The number of nitrogens with zero attached hydrogens (tertiary/aromatic N) is 2. The quantitative estimate of drug-likeness (QED) is 0.173. The molecule has 0 aliphatic carbocycles. The molecule has 2 aliphatic heterocycles. The first kappa shape index (κ1) is 33.0. The molecular formula is C52H30N2O5. The van der Waals surface area contributed by atoms with Gasteiger partial charge in [-0.2, -0.15) is 0 Å². The molecule has 4 heterocycles. The van der Waals surface area contributed by atoms with Crippen LogP contribution in [-0.4, -0.2) is 9.97 Å². The van der Waals surface area contributed by atoms with Crippen LogP contribution in [0.25, 0.3) is 78.1 Å². The van der Waals surface area contributed by atoms with Crippen LogP contribution in [0.4, 0.5) is 0 Å². The zero-order valence-corrected chi connectivity index (χ0v) is 31.3. The highest BCUT2D eigenvalue weighted by atomic mass is 16.6. The van der Waals surface area contributed by atoms with Gasteiger partial charge < -0.3 is 23.4 Å². The first-order chi connectivity index (χ1) is 29.2. The van der Waals surface area contributed by atoms with Gasteiger partial charge in [-0.3, -0.25) is 0 Å². The number of hydrogen-bond donors (Lipinski definition) is 0. The summed E-state index contributed by atoms with van der Waals surface area (Å²) in [5.41, 5.74) is 9.80. The molecule has 7 nitrogen and oxygen atoms in total. The van der Waals surface area contributed by atoms with Crippen molar-refractivity contribution >= 4 is 21.9 Å². The standard InChI is InChI=1S/C52H30N2O5/c1-2-11-31(12-3-1)52-53-39(30-40(54-52)37-14-10-20-48-51(37)38-13-4-5-15-41(38)55-48)36-26-34(32-21-23-46-49(28-32)58-44-18-8-6-16-42(44)56-46)25-35(27-36)33-22-24-47-50(29-33)59-45-19-9-7-17-43(45)57-47/h1-30H. The minimum Gasteiger partial charge on any atom is -0.456 e. The Hall–Kier alpha value is -8.16. The number of fused-ring (bicyclic) bond motifs is 7. The summed E-state index contributed by atoms with van der Waals surface area (Å²) in [5.74, 6) is 5.93. The Kier molecular flexibility index (Phi) is 7.40. The summed E-state index contributed by atoms with van der Waals surface area (Å²) in [6.45, 7) is 0. The van der Waals surface area contributed by atoms with Crippen LogP contribution in [0.3, 0.4) is 0 Å². The van der Waals surface area contributed by atoms with Gasteiger partial charge in [0.05, 0.1) is 11.4 Å². The second-order valence-corrected chi connectivity index (χ2v) is 14.5. The Morgan fingerprint density at radius 1 is 0.305 bits per heavy atom. The van der Waals surface area contributed by atoms with Crippen molar-refractivity contribution < 1.29 is 23.4 Å². The molecule has 0 saturated carbocycles. The predicted molar refractivity (Wildman–Crippen MR) is 230 cm³/mol. The van der Waals surface area contributed by atoms with Crippen molar-refractivity contribution in [2.75, 3.05) is 0 Å². The van der Waals surface area contributed by atoms with Gasteiger partial charge in [-0.1, -0.05) is 97.1 Å². The van der Waals surface area contributed by atoms with Gasteiger partial charge in [0.15, 0.2) is 51.8 Å². The average molecular weight is 763 g/mol. The highest BCUT2D eigenvalue weighted by Crippen LogP contribution is 2.49. The lowest BCUT2D eigenvalue weighted by Gasteiger charge is -2.22. The van der Waals surface area contributed by atoms with Crippen LogP contribution in [0.15, 0.2) is 186 Å². The van der Waals surface area contributed by atoms with Crippen LogP contribution in [0.1, 0.15) is 0 Å². The molecule has 0 spiro atoms. The second-order valence-electron chi connectivity index (χ2n) is 14.5. The zero-order valence-electron chi connectivity index (χ0n) is 31.3. The maximum absolute atomic E-state index is 6.37. The normalized spacial score (nSPS) is 12.3. The largest absolute Gasteiger partial charge is 0.456 e. The molecule has 0 bridgehead atoms. The van der Waals surface area contributed by atoms with E-state index < -0.39 is 0 Å². The summed E-state index contributed by atoms with van der Waals surface area (Å²) in [6.07, 6.45) is 0. The minimum atomic E-state index is 0.617. The fourth-order valence-corrected chi connectivity index (χ4v) is 7.96. The van der Waals surface area contributed by atoms with Crippen molar-refractivity contribution in [3.8, 4) is 102 Å². The Balaban J connectivity index is 1.05. The van der Waals surface area contributed by atoms with Gasteiger partial charge in [-0.25, -0.2) is 9.97 Å². The van der Waals surface area contributed by atoms with Gasteiger partial charge in [0.25, 0.3) is 0 Å². The van der Waals surface area contributed by atoms with Crippen LogP contribution in [0.2, 0.25) is 0 Å². The first-order valence-electron chi connectivity index (χ1n) is 19.4. The van der Waals surface area contributed by atoms with E-state index >= 15 is 0 Å². The molecule has 0 fully saturated rings. The Morgan fingerprint density at radius 3 is 1.46 bits per heavy atom. The molecule has 2 aromatic heterocycles. The van der Waals surface area contributed by atoms with Gasteiger partial charge in [-0.05, 0) is 107 Å². The van der Waals surface area contributed by atoms with Crippen molar-refractivity contribution in [1.29, 1.82) is 0 Å². The summed E-state index contributed by atoms with van der Waals surface area (Å²) >= 11 is 0. The van der Waals surface area contributed by atoms with E-state index in [0.717, 1.165) is 72.3 Å². The second kappa shape index (κ2) is 13.2. The van der Waals surface area contributed by atoms with Gasteiger partial charge in [0.2, 0.25) is 0 Å². The molecule has 8 aromatic carbocycles. The summed E-state index contributed by atoms with van der Waals surface area (Å²) in [7, 11) is 0. The fraction of sp³-hybridized carbons (Fsp3) is 0. The third kappa shape index (κ3) is 5.75. The third-order valence-electron chi connectivity index (χ3n) is 10.8. The number of rotatable bonds is 5. The molecule has 0 atom stereocenters. The van der Waals surface area contributed by atoms with E-state index in [2.05, 4.69) is 48.5 Å². The zero-order chi connectivity index (χ0) is 38.9. The SMILES string of the molecule is c1ccc(-c2nc(-c3cc(-c4ccc5c(c4)Oc4ccccc4O5)cc(-c4ccc5c(c4)Oc4ccccc4O5)c3)cc(-c3cccc4oc5ccccc5c34)n2)cc1. The predicted octanol–water partition coefficient (Wildman–Crippen LogP) is 14.5. The molecule has 278 valence electrons. The van der Waals surface area contributed by atoms with E-state index in [9.17, 15) is 0 Å². The fourth-order valence-electron chi connectivity index (χ4n) is 7.96. The van der Waals surface area contributed by atoms with E-state index in [1.165, 1.54) is 0 Å². The van der Waals surface area contributed by atoms with Gasteiger partial charge >= 0.3 is 0 Å². The molecule has 0 unspecified atom stereocenters. The monoisotopic (exact) mass is 762 g/mol. The van der Waals surface area contributed by atoms with Crippen LogP contribution >= 0.6 is 0 Å². The molecule has 10 aromatic rings. The lowest BCUT2D eigenvalue weighted by molar-refractivity contribution is 0.360. The summed E-state index contributed by atoms with van der Waals surface area (Å²) in [4.78, 5) is 10.5. The maximum Gasteiger partial charge on any atom is 0.170 e. The van der Waals surface area contributed by atoms with Crippen molar-refractivity contribution in [3.63, 3.8) is 0 Å². The van der Waals surface area contributed by atoms with Crippen LogP contribution < -0.4 is 18.9 Å². The van der Waals surface area contributed by atoms with Crippen molar-refractivity contribution in [2.24, 2.45) is 0 Å². The third-order valence-corrected chi connectivity index (χ3v) is 10.8. The number of para-hydroxylation sites is 5. The van der Waals surface area contributed by atoms with Gasteiger partial charge in [-0.15, -0.1) is 0 Å². The van der Waals surface area contributed by atoms with E-state index in [1.54, 1.807) is 0 Å². The molecular weight excluding hydrogens is 733 g/mol. The number of aromatic nitrogens is 2. The Morgan fingerprint density at radius 2 is 0.814 bits per heavy atom. The van der Waals surface area contributed by atoms with Crippen molar-refractivity contribution in [1.82, 2.24) is 9.97 Å². The molecule has 0 saturated heterocycles. The summed E-state index contributed by atoms with van der Waals surface area (Å²) in [5, 5.41) is 2.04. The molecule has 0 N–H and O–H groups in total. The molecule has 59 heavy (non-hydrogen) atoms. The average Bonchev–Trinajstić information content (AvgIpc) is 3.69. The van der Waals surface area contributed by atoms with Gasteiger partial charge in [0.1, 0.15) is 11.2 Å². The Bertz CT molecular complexity index is 3180. The van der Waals surface area contributed by atoms with E-state index in [-0.39, 0.29) is 0 Å². The first-order valence-corrected chi connectivity index (χ1v) is 19.4. The topological polar surface area (TPSA) is 75.8 Å². The smallest absolute Gasteiger partial charge is 0.170 e. The summed E-state index contributed by atoms with van der Waals surface area (Å²) < 4.78 is 31.5. The molecule has 0 radical (unpaired) electrons. The molecule has 7 heteroatoms. The lowest BCUT2D eigenvalue weighted by atomic mass is 9.93.